The predicted molar refractivity (Wildman–Crippen MR) is 61.3 cm³/mol. The Labute approximate surface area is 97.1 Å². The van der Waals surface area contributed by atoms with Crippen LogP contribution in [-0.2, 0) is 0 Å². The topological polar surface area (TPSA) is 29.0 Å². The van der Waals surface area contributed by atoms with Crippen LogP contribution in [0.2, 0.25) is 0 Å². The van der Waals surface area contributed by atoms with Crippen molar-refractivity contribution in [2.75, 3.05) is 18.0 Å². The van der Waals surface area contributed by atoms with Crippen LogP contribution >= 0.6 is 0 Å². The monoisotopic (exact) mass is 235 g/mol. The summed E-state index contributed by atoms with van der Waals surface area (Å²) in [6, 6.07) is 7.53. The number of benzene rings is 1. The SMILES string of the molecule is FC1(F)CCN(c2ncc3ccccc3n2)C1. The van der Waals surface area contributed by atoms with E-state index in [1.165, 1.54) is 4.90 Å². The minimum absolute atomic E-state index is 0.122. The number of para-hydroxylation sites is 1. The minimum Gasteiger partial charge on any atom is -0.335 e. The van der Waals surface area contributed by atoms with Crippen LogP contribution in [0.3, 0.4) is 0 Å². The molecule has 2 aromatic rings. The van der Waals surface area contributed by atoms with E-state index in [0.29, 0.717) is 12.5 Å². The van der Waals surface area contributed by atoms with Gasteiger partial charge in [0.15, 0.2) is 0 Å². The average molecular weight is 235 g/mol. The van der Waals surface area contributed by atoms with Gasteiger partial charge in [-0.05, 0) is 6.07 Å². The van der Waals surface area contributed by atoms with Crippen LogP contribution in [0.15, 0.2) is 30.5 Å². The predicted octanol–water partition coefficient (Wildman–Crippen LogP) is 2.48. The standard InChI is InChI=1S/C12H11F2N3/c13-12(14)5-6-17(8-12)11-15-7-9-3-1-2-4-10(9)16-11/h1-4,7H,5-6,8H2. The molecule has 0 bridgehead atoms. The molecule has 1 fully saturated rings. The van der Waals surface area contributed by atoms with E-state index in [9.17, 15) is 8.78 Å². The van der Waals surface area contributed by atoms with Gasteiger partial charge in [-0.3, -0.25) is 0 Å². The lowest BCUT2D eigenvalue weighted by Crippen LogP contribution is -2.26. The first-order valence-electron chi connectivity index (χ1n) is 5.49. The summed E-state index contributed by atoms with van der Waals surface area (Å²) >= 11 is 0. The molecule has 3 nitrogen and oxygen atoms in total. The highest BCUT2D eigenvalue weighted by molar-refractivity contribution is 5.78. The van der Waals surface area contributed by atoms with Gasteiger partial charge in [-0.15, -0.1) is 0 Å². The van der Waals surface area contributed by atoms with Gasteiger partial charge in [0, 0.05) is 24.5 Å². The third kappa shape index (κ3) is 1.92. The molecule has 0 unspecified atom stereocenters. The Bertz CT molecular complexity index is 556. The van der Waals surface area contributed by atoms with E-state index in [-0.39, 0.29) is 13.0 Å². The van der Waals surface area contributed by atoms with Gasteiger partial charge >= 0.3 is 0 Å². The van der Waals surface area contributed by atoms with Gasteiger partial charge in [-0.2, -0.15) is 0 Å². The molecule has 0 N–H and O–H groups in total. The zero-order valence-corrected chi connectivity index (χ0v) is 9.11. The number of nitrogens with zero attached hydrogens (tertiary/aromatic N) is 3. The van der Waals surface area contributed by atoms with E-state index in [2.05, 4.69) is 9.97 Å². The largest absolute Gasteiger partial charge is 0.335 e. The summed E-state index contributed by atoms with van der Waals surface area (Å²) < 4.78 is 26.2. The molecule has 0 aliphatic carbocycles. The highest BCUT2D eigenvalue weighted by Crippen LogP contribution is 2.29. The average Bonchev–Trinajstić information content (AvgIpc) is 2.69. The fraction of sp³-hybridized carbons (Fsp3) is 0.333. The molecule has 0 spiro atoms. The van der Waals surface area contributed by atoms with E-state index in [1.54, 1.807) is 6.20 Å². The minimum atomic E-state index is -2.62. The van der Waals surface area contributed by atoms with Gasteiger partial charge < -0.3 is 4.90 Å². The first-order chi connectivity index (χ1) is 8.14. The number of hydrogen-bond acceptors (Lipinski definition) is 3. The summed E-state index contributed by atoms with van der Waals surface area (Å²) in [7, 11) is 0. The van der Waals surface area contributed by atoms with Gasteiger partial charge in [0.25, 0.3) is 5.92 Å². The third-order valence-corrected chi connectivity index (χ3v) is 2.93. The van der Waals surface area contributed by atoms with Crippen molar-refractivity contribution in [3.8, 4) is 0 Å². The molecule has 1 aromatic heterocycles. The van der Waals surface area contributed by atoms with Crippen molar-refractivity contribution in [1.82, 2.24) is 9.97 Å². The molecule has 1 aromatic carbocycles. The number of halogens is 2. The highest BCUT2D eigenvalue weighted by Gasteiger charge is 2.39. The van der Waals surface area contributed by atoms with Gasteiger partial charge in [-0.25, -0.2) is 18.7 Å². The van der Waals surface area contributed by atoms with Crippen molar-refractivity contribution in [3.05, 3.63) is 30.5 Å². The van der Waals surface area contributed by atoms with Crippen LogP contribution in [0.5, 0.6) is 0 Å². The lowest BCUT2D eigenvalue weighted by atomic mass is 10.2. The fourth-order valence-corrected chi connectivity index (χ4v) is 2.02. The lowest BCUT2D eigenvalue weighted by Gasteiger charge is -2.15. The Morgan fingerprint density at radius 2 is 2.06 bits per heavy atom. The van der Waals surface area contributed by atoms with E-state index in [4.69, 9.17) is 0 Å². The van der Waals surface area contributed by atoms with Gasteiger partial charge in [0.2, 0.25) is 5.95 Å². The normalized spacial score (nSPS) is 18.8. The van der Waals surface area contributed by atoms with Crippen molar-refractivity contribution in [1.29, 1.82) is 0 Å². The second-order valence-corrected chi connectivity index (χ2v) is 4.26. The van der Waals surface area contributed by atoms with Crippen LogP contribution in [0.25, 0.3) is 10.9 Å². The summed E-state index contributed by atoms with van der Waals surface area (Å²) in [6.07, 6.45) is 1.55. The number of fused-ring (bicyclic) bond motifs is 1. The van der Waals surface area contributed by atoms with Crippen LogP contribution in [-0.4, -0.2) is 29.0 Å². The summed E-state index contributed by atoms with van der Waals surface area (Å²) in [4.78, 5) is 9.97. The van der Waals surface area contributed by atoms with Crippen molar-refractivity contribution < 1.29 is 8.78 Å². The maximum Gasteiger partial charge on any atom is 0.267 e. The number of anilines is 1. The summed E-state index contributed by atoms with van der Waals surface area (Å²) in [6.45, 7) is 0.0245. The molecule has 0 amide bonds. The summed E-state index contributed by atoms with van der Waals surface area (Å²) in [5.74, 6) is -2.23. The maximum absolute atomic E-state index is 13.1. The molecule has 1 aliphatic heterocycles. The number of aromatic nitrogens is 2. The summed E-state index contributed by atoms with van der Waals surface area (Å²) in [5.41, 5.74) is 0.785. The van der Waals surface area contributed by atoms with Crippen molar-refractivity contribution in [3.63, 3.8) is 0 Å². The van der Waals surface area contributed by atoms with Gasteiger partial charge in [-0.1, -0.05) is 18.2 Å². The number of rotatable bonds is 1. The smallest absolute Gasteiger partial charge is 0.267 e. The van der Waals surface area contributed by atoms with E-state index < -0.39 is 5.92 Å². The van der Waals surface area contributed by atoms with Crippen molar-refractivity contribution >= 4 is 16.9 Å². The molecule has 0 saturated carbocycles. The molecule has 1 saturated heterocycles. The van der Waals surface area contributed by atoms with Crippen LogP contribution in [0.1, 0.15) is 6.42 Å². The Morgan fingerprint density at radius 1 is 1.24 bits per heavy atom. The Kier molecular flexibility index (Phi) is 2.21. The summed E-state index contributed by atoms with van der Waals surface area (Å²) in [5, 5.41) is 0.919. The van der Waals surface area contributed by atoms with E-state index >= 15 is 0 Å². The Balaban J connectivity index is 1.96. The fourth-order valence-electron chi connectivity index (χ4n) is 2.02. The second kappa shape index (κ2) is 3.61. The van der Waals surface area contributed by atoms with Crippen LogP contribution in [0.4, 0.5) is 14.7 Å². The van der Waals surface area contributed by atoms with Crippen LogP contribution < -0.4 is 4.90 Å². The molecule has 0 atom stereocenters. The Hall–Kier alpha value is -1.78. The number of alkyl halides is 2. The number of hydrogen-bond donors (Lipinski definition) is 0. The van der Waals surface area contributed by atoms with Crippen molar-refractivity contribution in [2.45, 2.75) is 12.3 Å². The molecule has 0 radical (unpaired) electrons. The van der Waals surface area contributed by atoms with Gasteiger partial charge in [0.1, 0.15) is 0 Å². The maximum atomic E-state index is 13.1. The Morgan fingerprint density at radius 3 is 2.82 bits per heavy atom. The lowest BCUT2D eigenvalue weighted by molar-refractivity contribution is 0.0256. The first kappa shape index (κ1) is 10.4. The molecule has 3 rings (SSSR count). The van der Waals surface area contributed by atoms with E-state index in [1.807, 2.05) is 24.3 Å². The first-order valence-corrected chi connectivity index (χ1v) is 5.49. The molecule has 17 heavy (non-hydrogen) atoms. The third-order valence-electron chi connectivity index (χ3n) is 2.93. The van der Waals surface area contributed by atoms with E-state index in [0.717, 1.165) is 10.9 Å². The molecular weight excluding hydrogens is 224 g/mol. The highest BCUT2D eigenvalue weighted by atomic mass is 19.3. The van der Waals surface area contributed by atoms with Gasteiger partial charge in [0.05, 0.1) is 12.1 Å². The molecule has 5 heteroatoms. The molecule has 2 heterocycles. The van der Waals surface area contributed by atoms with Crippen molar-refractivity contribution in [2.24, 2.45) is 0 Å². The molecule has 88 valence electrons. The quantitative estimate of drug-likeness (QED) is 0.760. The van der Waals surface area contributed by atoms with Crippen LogP contribution in [0, 0.1) is 0 Å². The zero-order chi connectivity index (χ0) is 11.9. The molecule has 1 aliphatic rings. The second-order valence-electron chi connectivity index (χ2n) is 4.26. The molecular formula is C12H11F2N3. The zero-order valence-electron chi connectivity index (χ0n) is 9.11.